The Bertz CT molecular complexity index is 127. The Hall–Kier alpha value is -0.300. The summed E-state index contributed by atoms with van der Waals surface area (Å²) in [6, 6.07) is 0. The highest BCUT2D eigenvalue weighted by Crippen LogP contribution is 2.20. The molecule has 0 spiro atoms. The summed E-state index contributed by atoms with van der Waals surface area (Å²) in [5.74, 6) is 0. The molecule has 0 radical (unpaired) electrons. The first-order valence-electron chi connectivity index (χ1n) is 4.10. The van der Waals surface area contributed by atoms with Gasteiger partial charge in [0, 0.05) is 6.61 Å². The molecule has 1 aliphatic carbocycles. The van der Waals surface area contributed by atoms with Crippen molar-refractivity contribution in [1.29, 1.82) is 0 Å². The van der Waals surface area contributed by atoms with Crippen LogP contribution in [-0.2, 0) is 4.74 Å². The van der Waals surface area contributed by atoms with Crippen molar-refractivity contribution < 1.29 is 4.74 Å². The molecule has 0 bridgehead atoms. The molecule has 0 aromatic rings. The number of rotatable bonds is 3. The summed E-state index contributed by atoms with van der Waals surface area (Å²) in [6.07, 6.45) is 6.20. The van der Waals surface area contributed by atoms with Gasteiger partial charge in [0.05, 0.1) is 6.10 Å². The molecule has 0 aliphatic heterocycles. The van der Waals surface area contributed by atoms with Crippen molar-refractivity contribution in [2.24, 2.45) is 0 Å². The molecular formula is C9H16O. The van der Waals surface area contributed by atoms with Crippen LogP contribution in [0.15, 0.2) is 11.6 Å². The molecule has 0 saturated heterocycles. The van der Waals surface area contributed by atoms with E-state index >= 15 is 0 Å². The first kappa shape index (κ1) is 7.80. The zero-order valence-corrected chi connectivity index (χ0v) is 6.89. The normalized spacial score (nSPS) is 25.0. The fourth-order valence-corrected chi connectivity index (χ4v) is 1.27. The SMILES string of the molecule is CCCOC1CC=C(C)C1. The fourth-order valence-electron chi connectivity index (χ4n) is 1.27. The lowest BCUT2D eigenvalue weighted by Crippen LogP contribution is -2.08. The summed E-state index contributed by atoms with van der Waals surface area (Å²) in [5, 5.41) is 0. The molecule has 1 unspecified atom stereocenters. The lowest BCUT2D eigenvalue weighted by Gasteiger charge is -2.09. The molecule has 1 nitrogen and oxygen atoms in total. The lowest BCUT2D eigenvalue weighted by atomic mass is 10.2. The van der Waals surface area contributed by atoms with E-state index in [9.17, 15) is 0 Å². The Morgan fingerprint density at radius 2 is 2.50 bits per heavy atom. The molecule has 0 aromatic carbocycles. The predicted molar refractivity (Wildman–Crippen MR) is 43.0 cm³/mol. The summed E-state index contributed by atoms with van der Waals surface area (Å²) in [6.45, 7) is 5.25. The predicted octanol–water partition coefficient (Wildman–Crippen LogP) is 2.52. The molecule has 0 aromatic heterocycles. The van der Waals surface area contributed by atoms with Crippen LogP contribution in [-0.4, -0.2) is 12.7 Å². The van der Waals surface area contributed by atoms with Crippen LogP contribution in [0.3, 0.4) is 0 Å². The van der Waals surface area contributed by atoms with Gasteiger partial charge in [0.2, 0.25) is 0 Å². The Morgan fingerprint density at radius 3 is 3.00 bits per heavy atom. The van der Waals surface area contributed by atoms with Crippen molar-refractivity contribution in [3.8, 4) is 0 Å². The number of ether oxygens (including phenoxy) is 1. The first-order valence-corrected chi connectivity index (χ1v) is 4.10. The van der Waals surface area contributed by atoms with Gasteiger partial charge in [-0.1, -0.05) is 18.6 Å². The quantitative estimate of drug-likeness (QED) is 0.547. The van der Waals surface area contributed by atoms with Gasteiger partial charge < -0.3 is 4.74 Å². The van der Waals surface area contributed by atoms with Crippen LogP contribution < -0.4 is 0 Å². The van der Waals surface area contributed by atoms with E-state index in [0.717, 1.165) is 25.9 Å². The van der Waals surface area contributed by atoms with Crippen LogP contribution in [0.5, 0.6) is 0 Å². The van der Waals surface area contributed by atoms with Crippen molar-refractivity contribution in [3.63, 3.8) is 0 Å². The minimum atomic E-state index is 0.500. The smallest absolute Gasteiger partial charge is 0.0646 e. The van der Waals surface area contributed by atoms with E-state index in [0.29, 0.717) is 6.10 Å². The van der Waals surface area contributed by atoms with Gasteiger partial charge >= 0.3 is 0 Å². The van der Waals surface area contributed by atoms with Crippen molar-refractivity contribution in [3.05, 3.63) is 11.6 Å². The second-order valence-electron chi connectivity index (χ2n) is 2.98. The number of hydrogen-bond donors (Lipinski definition) is 0. The van der Waals surface area contributed by atoms with Crippen LogP contribution in [0, 0.1) is 0 Å². The Labute approximate surface area is 63.1 Å². The van der Waals surface area contributed by atoms with Gasteiger partial charge in [-0.15, -0.1) is 0 Å². The maximum atomic E-state index is 5.57. The minimum absolute atomic E-state index is 0.500. The van der Waals surface area contributed by atoms with Crippen LogP contribution >= 0.6 is 0 Å². The summed E-state index contributed by atoms with van der Waals surface area (Å²) < 4.78 is 5.57. The average Bonchev–Trinajstić information content (AvgIpc) is 2.31. The van der Waals surface area contributed by atoms with E-state index in [1.165, 1.54) is 5.57 Å². The standard InChI is InChI=1S/C9H16O/c1-3-6-10-9-5-4-8(2)7-9/h4,9H,3,5-7H2,1-2H3. The molecule has 58 valence electrons. The largest absolute Gasteiger partial charge is 0.378 e. The van der Waals surface area contributed by atoms with Crippen molar-refractivity contribution in [2.75, 3.05) is 6.61 Å². The van der Waals surface area contributed by atoms with Crippen LogP contribution in [0.4, 0.5) is 0 Å². The van der Waals surface area contributed by atoms with E-state index in [1.54, 1.807) is 0 Å². The molecule has 0 N–H and O–H groups in total. The third-order valence-electron chi connectivity index (χ3n) is 1.84. The molecule has 1 heteroatoms. The molecule has 1 atom stereocenters. The Balaban J connectivity index is 2.11. The molecular weight excluding hydrogens is 124 g/mol. The maximum Gasteiger partial charge on any atom is 0.0646 e. The van der Waals surface area contributed by atoms with Gasteiger partial charge in [-0.3, -0.25) is 0 Å². The van der Waals surface area contributed by atoms with Gasteiger partial charge in [-0.25, -0.2) is 0 Å². The number of hydrogen-bond acceptors (Lipinski definition) is 1. The summed E-state index contributed by atoms with van der Waals surface area (Å²) in [4.78, 5) is 0. The lowest BCUT2D eigenvalue weighted by molar-refractivity contribution is 0.0618. The molecule has 0 heterocycles. The van der Waals surface area contributed by atoms with E-state index in [-0.39, 0.29) is 0 Å². The molecule has 0 saturated carbocycles. The third kappa shape index (κ3) is 2.14. The Kier molecular flexibility index (Phi) is 2.94. The van der Waals surface area contributed by atoms with Crippen molar-refractivity contribution in [1.82, 2.24) is 0 Å². The van der Waals surface area contributed by atoms with Gasteiger partial charge in [0.25, 0.3) is 0 Å². The topological polar surface area (TPSA) is 9.23 Å². The first-order chi connectivity index (χ1) is 4.83. The van der Waals surface area contributed by atoms with Crippen LogP contribution in [0.1, 0.15) is 33.1 Å². The molecule has 0 fully saturated rings. The highest BCUT2D eigenvalue weighted by molar-refractivity contribution is 5.07. The highest BCUT2D eigenvalue weighted by Gasteiger charge is 2.13. The second-order valence-corrected chi connectivity index (χ2v) is 2.98. The summed E-state index contributed by atoms with van der Waals surface area (Å²) in [5.41, 5.74) is 1.49. The van der Waals surface area contributed by atoms with E-state index in [1.807, 2.05) is 0 Å². The van der Waals surface area contributed by atoms with Crippen LogP contribution in [0.2, 0.25) is 0 Å². The van der Waals surface area contributed by atoms with Crippen molar-refractivity contribution in [2.45, 2.75) is 39.2 Å². The molecule has 1 rings (SSSR count). The van der Waals surface area contributed by atoms with Gasteiger partial charge in [0.1, 0.15) is 0 Å². The van der Waals surface area contributed by atoms with Gasteiger partial charge in [-0.2, -0.15) is 0 Å². The molecule has 0 amide bonds. The van der Waals surface area contributed by atoms with Gasteiger partial charge in [-0.05, 0) is 26.2 Å². The highest BCUT2D eigenvalue weighted by atomic mass is 16.5. The summed E-state index contributed by atoms with van der Waals surface area (Å²) >= 11 is 0. The molecule has 1 aliphatic rings. The zero-order chi connectivity index (χ0) is 7.40. The monoisotopic (exact) mass is 140 g/mol. The second kappa shape index (κ2) is 3.77. The fraction of sp³-hybridized carbons (Fsp3) is 0.778. The van der Waals surface area contributed by atoms with Crippen LogP contribution in [0.25, 0.3) is 0 Å². The van der Waals surface area contributed by atoms with Crippen molar-refractivity contribution >= 4 is 0 Å². The minimum Gasteiger partial charge on any atom is -0.378 e. The van der Waals surface area contributed by atoms with E-state index in [4.69, 9.17) is 4.74 Å². The van der Waals surface area contributed by atoms with Gasteiger partial charge in [0.15, 0.2) is 0 Å². The van der Waals surface area contributed by atoms with E-state index < -0.39 is 0 Å². The zero-order valence-electron chi connectivity index (χ0n) is 6.89. The van der Waals surface area contributed by atoms with E-state index in [2.05, 4.69) is 19.9 Å². The Morgan fingerprint density at radius 1 is 1.70 bits per heavy atom. The third-order valence-corrected chi connectivity index (χ3v) is 1.84. The maximum absolute atomic E-state index is 5.57. The molecule has 10 heavy (non-hydrogen) atoms. The average molecular weight is 140 g/mol. The summed E-state index contributed by atoms with van der Waals surface area (Å²) in [7, 11) is 0.